The summed E-state index contributed by atoms with van der Waals surface area (Å²) < 4.78 is 28.2. The molecule has 0 spiro atoms. The van der Waals surface area contributed by atoms with Crippen LogP contribution in [0.5, 0.6) is 11.5 Å². The molecule has 2 aromatic rings. The normalized spacial score (nSPS) is 17.8. The molecule has 132 valence electrons. The molecule has 1 amide bonds. The van der Waals surface area contributed by atoms with Gasteiger partial charge in [0, 0.05) is 35.3 Å². The van der Waals surface area contributed by atoms with E-state index in [0.29, 0.717) is 12.3 Å². The van der Waals surface area contributed by atoms with Crippen molar-refractivity contribution in [2.45, 2.75) is 13.3 Å². The van der Waals surface area contributed by atoms with Crippen LogP contribution in [0.3, 0.4) is 0 Å². The summed E-state index contributed by atoms with van der Waals surface area (Å²) in [7, 11) is 1.68. The first kappa shape index (κ1) is 17.8. The number of ether oxygens (including phenoxy) is 1. The molecule has 25 heavy (non-hydrogen) atoms. The topological polar surface area (TPSA) is 63.7 Å². The molecule has 1 aliphatic rings. The Kier molecular flexibility index (Phi) is 5.01. The van der Waals surface area contributed by atoms with Crippen molar-refractivity contribution < 1.29 is 17.9 Å². The lowest BCUT2D eigenvalue weighted by molar-refractivity contribution is -0.117. The van der Waals surface area contributed by atoms with E-state index in [0.717, 1.165) is 17.0 Å². The fourth-order valence-electron chi connectivity index (χ4n) is 2.86. The number of aryl methyl sites for hydroxylation is 1. The van der Waals surface area contributed by atoms with Gasteiger partial charge in [0.15, 0.2) is 0 Å². The third kappa shape index (κ3) is 4.74. The van der Waals surface area contributed by atoms with E-state index in [2.05, 4.69) is 0 Å². The Morgan fingerprint density at radius 3 is 2.20 bits per heavy atom. The van der Waals surface area contributed by atoms with Crippen LogP contribution in [-0.4, -0.2) is 26.6 Å². The molecule has 3 rings (SSSR count). The summed E-state index contributed by atoms with van der Waals surface area (Å²) in [5.41, 5.74) is 1.87. The van der Waals surface area contributed by atoms with Crippen molar-refractivity contribution in [2.75, 3.05) is 17.2 Å². The molecule has 1 unspecified atom stereocenters. The lowest BCUT2D eigenvalue weighted by Crippen LogP contribution is -2.25. The number of hydrogen-bond donors (Lipinski definition) is 0. The first-order valence-corrected chi connectivity index (χ1v) is 10.4. The Hall–Kier alpha value is -2.05. The Labute approximate surface area is 151 Å². The first-order valence-electron chi connectivity index (χ1n) is 7.87. The Morgan fingerprint density at radius 1 is 1.08 bits per heavy atom. The van der Waals surface area contributed by atoms with Gasteiger partial charge in [0.2, 0.25) is 15.0 Å². The van der Waals surface area contributed by atoms with E-state index in [-0.39, 0.29) is 24.0 Å². The number of halogens is 1. The van der Waals surface area contributed by atoms with Crippen molar-refractivity contribution in [2.24, 2.45) is 5.92 Å². The second-order valence-corrected chi connectivity index (χ2v) is 9.01. The number of rotatable bonds is 5. The standard InChI is InChI=1S/C18H18ClNO4S/c1-13-2-6-16(7-3-13)24-17-8-4-15(5-9-17)20-11-14(10-18(20)21)12-25(19,22)23/h2-9,14H,10-12H2,1H3. The third-order valence-corrected chi connectivity index (χ3v) is 5.29. The summed E-state index contributed by atoms with van der Waals surface area (Å²) in [4.78, 5) is 13.7. The van der Waals surface area contributed by atoms with Gasteiger partial charge in [-0.1, -0.05) is 17.7 Å². The quantitative estimate of drug-likeness (QED) is 0.743. The van der Waals surface area contributed by atoms with E-state index in [1.165, 1.54) is 0 Å². The smallest absolute Gasteiger partial charge is 0.232 e. The molecule has 0 aromatic heterocycles. The zero-order valence-corrected chi connectivity index (χ0v) is 15.3. The summed E-state index contributed by atoms with van der Waals surface area (Å²) in [6.45, 7) is 2.36. The molecule has 0 N–H and O–H groups in total. The molecule has 5 nitrogen and oxygen atoms in total. The first-order chi connectivity index (χ1) is 11.8. The predicted molar refractivity (Wildman–Crippen MR) is 97.8 cm³/mol. The van der Waals surface area contributed by atoms with Crippen molar-refractivity contribution in [1.29, 1.82) is 0 Å². The van der Waals surface area contributed by atoms with Gasteiger partial charge >= 0.3 is 0 Å². The number of nitrogens with zero attached hydrogens (tertiary/aromatic N) is 1. The maximum atomic E-state index is 12.1. The highest BCUT2D eigenvalue weighted by Crippen LogP contribution is 2.29. The Morgan fingerprint density at radius 2 is 1.64 bits per heavy atom. The van der Waals surface area contributed by atoms with E-state index >= 15 is 0 Å². The lowest BCUT2D eigenvalue weighted by Gasteiger charge is -2.17. The van der Waals surface area contributed by atoms with Gasteiger partial charge in [-0.2, -0.15) is 0 Å². The molecule has 0 saturated carbocycles. The van der Waals surface area contributed by atoms with Crippen LogP contribution >= 0.6 is 10.7 Å². The number of carbonyl (C=O) groups excluding carboxylic acids is 1. The van der Waals surface area contributed by atoms with Crippen LogP contribution < -0.4 is 9.64 Å². The zero-order valence-electron chi connectivity index (χ0n) is 13.7. The van der Waals surface area contributed by atoms with Gasteiger partial charge in [0.25, 0.3) is 0 Å². The molecule has 0 bridgehead atoms. The highest BCUT2D eigenvalue weighted by Gasteiger charge is 2.33. The van der Waals surface area contributed by atoms with E-state index in [1.54, 1.807) is 29.2 Å². The van der Waals surface area contributed by atoms with Crippen LogP contribution in [0, 0.1) is 12.8 Å². The molecule has 2 aromatic carbocycles. The summed E-state index contributed by atoms with van der Waals surface area (Å²) in [5.74, 6) is 0.837. The van der Waals surface area contributed by atoms with Gasteiger partial charge in [-0.15, -0.1) is 0 Å². The number of benzene rings is 2. The predicted octanol–water partition coefficient (Wildman–Crippen LogP) is 3.71. The van der Waals surface area contributed by atoms with E-state index < -0.39 is 9.05 Å². The lowest BCUT2D eigenvalue weighted by atomic mass is 10.1. The monoisotopic (exact) mass is 379 g/mol. The minimum absolute atomic E-state index is 0.0995. The highest BCUT2D eigenvalue weighted by molar-refractivity contribution is 8.13. The zero-order chi connectivity index (χ0) is 18.0. The van der Waals surface area contributed by atoms with Gasteiger partial charge < -0.3 is 9.64 Å². The molecule has 0 aliphatic carbocycles. The molecular weight excluding hydrogens is 362 g/mol. The number of hydrogen-bond acceptors (Lipinski definition) is 4. The average molecular weight is 380 g/mol. The van der Waals surface area contributed by atoms with Crippen LogP contribution in [-0.2, 0) is 13.8 Å². The largest absolute Gasteiger partial charge is 0.457 e. The van der Waals surface area contributed by atoms with Gasteiger partial charge in [0.1, 0.15) is 11.5 Å². The van der Waals surface area contributed by atoms with Crippen LogP contribution in [0.1, 0.15) is 12.0 Å². The molecule has 7 heteroatoms. The summed E-state index contributed by atoms with van der Waals surface area (Å²) in [6, 6.07) is 14.9. The van der Waals surface area contributed by atoms with Gasteiger partial charge in [-0.25, -0.2) is 8.42 Å². The van der Waals surface area contributed by atoms with E-state index in [4.69, 9.17) is 15.4 Å². The minimum Gasteiger partial charge on any atom is -0.457 e. The van der Waals surface area contributed by atoms with Crippen LogP contribution in [0.2, 0.25) is 0 Å². The SMILES string of the molecule is Cc1ccc(Oc2ccc(N3CC(CS(=O)(=O)Cl)CC3=O)cc2)cc1. The molecule has 1 aliphatic heterocycles. The van der Waals surface area contributed by atoms with Crippen molar-refractivity contribution in [3.8, 4) is 11.5 Å². The van der Waals surface area contributed by atoms with Crippen LogP contribution in [0.4, 0.5) is 5.69 Å². The second kappa shape index (κ2) is 7.06. The fourth-order valence-corrected chi connectivity index (χ4v) is 4.18. The Balaban J connectivity index is 1.68. The Bertz CT molecular complexity index is 863. The van der Waals surface area contributed by atoms with Crippen LogP contribution in [0.25, 0.3) is 0 Å². The number of carbonyl (C=O) groups is 1. The summed E-state index contributed by atoms with van der Waals surface area (Å²) in [6.07, 6.45) is 0.188. The van der Waals surface area contributed by atoms with Crippen molar-refractivity contribution in [1.82, 2.24) is 0 Å². The maximum Gasteiger partial charge on any atom is 0.232 e. The van der Waals surface area contributed by atoms with Crippen molar-refractivity contribution >= 4 is 31.3 Å². The number of anilines is 1. The molecule has 1 fully saturated rings. The van der Waals surface area contributed by atoms with Gasteiger partial charge in [-0.3, -0.25) is 4.79 Å². The fraction of sp³-hybridized carbons (Fsp3) is 0.278. The van der Waals surface area contributed by atoms with Crippen LogP contribution in [0.15, 0.2) is 48.5 Å². The molecule has 1 atom stereocenters. The van der Waals surface area contributed by atoms with Gasteiger partial charge in [-0.05, 0) is 43.3 Å². The average Bonchev–Trinajstić information content (AvgIpc) is 2.89. The molecular formula is C18H18ClNO4S. The van der Waals surface area contributed by atoms with E-state index in [9.17, 15) is 13.2 Å². The maximum absolute atomic E-state index is 12.1. The van der Waals surface area contributed by atoms with E-state index in [1.807, 2.05) is 31.2 Å². The molecule has 0 radical (unpaired) electrons. The minimum atomic E-state index is -3.61. The number of amides is 1. The highest BCUT2D eigenvalue weighted by atomic mass is 35.7. The molecule has 1 saturated heterocycles. The van der Waals surface area contributed by atoms with Crippen molar-refractivity contribution in [3.63, 3.8) is 0 Å². The summed E-state index contributed by atoms with van der Waals surface area (Å²) >= 11 is 0. The summed E-state index contributed by atoms with van der Waals surface area (Å²) in [5, 5.41) is 0. The molecule has 1 heterocycles. The van der Waals surface area contributed by atoms with Crippen molar-refractivity contribution in [3.05, 3.63) is 54.1 Å². The second-order valence-electron chi connectivity index (χ2n) is 6.19. The third-order valence-electron chi connectivity index (χ3n) is 4.04. The van der Waals surface area contributed by atoms with Gasteiger partial charge in [0.05, 0.1) is 5.75 Å².